The van der Waals surface area contributed by atoms with Gasteiger partial charge in [-0.25, -0.2) is 8.42 Å². The normalized spacial score (nSPS) is 16.7. The molecule has 0 saturated carbocycles. The number of carbonyl (C=O) groups excluding carboxylic acids is 2. The Bertz CT molecular complexity index is 1010. The Morgan fingerprint density at radius 2 is 1.53 bits per heavy atom. The first kappa shape index (κ1) is 21.9. The van der Waals surface area contributed by atoms with Crippen LogP contribution in [0.25, 0.3) is 0 Å². The molecule has 30 heavy (non-hydrogen) atoms. The molecule has 2 aromatic carbocycles. The molecule has 8 nitrogen and oxygen atoms in total. The van der Waals surface area contributed by atoms with E-state index >= 15 is 0 Å². The van der Waals surface area contributed by atoms with Gasteiger partial charge < -0.3 is 11.1 Å². The van der Waals surface area contributed by atoms with Gasteiger partial charge >= 0.3 is 0 Å². The molecular weight excluding hydrogens is 404 g/mol. The topological polar surface area (TPSA) is 113 Å². The first-order valence-corrected chi connectivity index (χ1v) is 11.1. The van der Waals surface area contributed by atoms with Gasteiger partial charge in [0.05, 0.1) is 10.9 Å². The van der Waals surface area contributed by atoms with Crippen LogP contribution in [0.1, 0.15) is 22.8 Å². The molecule has 0 unspecified atom stereocenters. The SMILES string of the molecule is Cc1ccc(S(=O)(=O)N2CCN([C@@H](C)C(=O)Nc3ccc(C(N)=O)cc3)CC2)cc1. The Hall–Kier alpha value is -2.75. The van der Waals surface area contributed by atoms with Crippen LogP contribution >= 0.6 is 0 Å². The van der Waals surface area contributed by atoms with E-state index in [0.717, 1.165) is 5.56 Å². The first-order chi connectivity index (χ1) is 14.2. The summed E-state index contributed by atoms with van der Waals surface area (Å²) in [6.45, 7) is 5.26. The van der Waals surface area contributed by atoms with Crippen molar-refractivity contribution in [2.75, 3.05) is 31.5 Å². The second kappa shape index (κ2) is 8.95. The Morgan fingerprint density at radius 3 is 2.07 bits per heavy atom. The van der Waals surface area contributed by atoms with E-state index in [0.29, 0.717) is 37.4 Å². The molecule has 3 N–H and O–H groups in total. The molecular formula is C21H26N4O4S. The quantitative estimate of drug-likeness (QED) is 0.720. The number of nitrogens with zero attached hydrogens (tertiary/aromatic N) is 2. The fraction of sp³-hybridized carbons (Fsp3) is 0.333. The van der Waals surface area contributed by atoms with Crippen molar-refractivity contribution in [3.8, 4) is 0 Å². The Balaban J connectivity index is 1.57. The summed E-state index contributed by atoms with van der Waals surface area (Å²) in [5.74, 6) is -0.726. The van der Waals surface area contributed by atoms with Crippen LogP contribution in [0.4, 0.5) is 5.69 Å². The predicted molar refractivity (Wildman–Crippen MR) is 115 cm³/mol. The zero-order valence-electron chi connectivity index (χ0n) is 17.0. The molecule has 0 spiro atoms. The number of piperazine rings is 1. The standard InChI is InChI=1S/C21H26N4O4S/c1-15-3-9-19(10-4-15)30(28,29)25-13-11-24(12-14-25)16(2)21(27)23-18-7-5-17(6-8-18)20(22)26/h3-10,16H,11-14H2,1-2H3,(H2,22,26)(H,23,27)/t16-/m0/s1. The van der Waals surface area contributed by atoms with E-state index in [9.17, 15) is 18.0 Å². The molecule has 2 amide bonds. The number of primary amides is 1. The third-order valence-corrected chi connectivity index (χ3v) is 7.21. The molecule has 3 rings (SSSR count). The molecule has 9 heteroatoms. The minimum atomic E-state index is -3.54. The lowest BCUT2D eigenvalue weighted by molar-refractivity contribution is -0.121. The lowest BCUT2D eigenvalue weighted by Crippen LogP contribution is -2.53. The highest BCUT2D eigenvalue weighted by molar-refractivity contribution is 7.89. The van der Waals surface area contributed by atoms with Crippen LogP contribution < -0.4 is 11.1 Å². The summed E-state index contributed by atoms with van der Waals surface area (Å²) in [5.41, 5.74) is 7.15. The fourth-order valence-electron chi connectivity index (χ4n) is 3.32. The molecule has 1 atom stereocenters. The van der Waals surface area contributed by atoms with Crippen molar-refractivity contribution in [2.24, 2.45) is 5.73 Å². The minimum Gasteiger partial charge on any atom is -0.366 e. The second-order valence-corrected chi connectivity index (χ2v) is 9.30. The van der Waals surface area contributed by atoms with Crippen LogP contribution in [0.3, 0.4) is 0 Å². The van der Waals surface area contributed by atoms with Gasteiger partial charge in [0.25, 0.3) is 0 Å². The number of amides is 2. The number of carbonyl (C=O) groups is 2. The van der Waals surface area contributed by atoms with E-state index in [1.165, 1.54) is 4.31 Å². The van der Waals surface area contributed by atoms with Crippen molar-refractivity contribution in [3.05, 3.63) is 59.7 Å². The van der Waals surface area contributed by atoms with Gasteiger partial charge in [-0.2, -0.15) is 4.31 Å². The van der Waals surface area contributed by atoms with E-state index in [1.54, 1.807) is 55.5 Å². The first-order valence-electron chi connectivity index (χ1n) is 9.70. The summed E-state index contributed by atoms with van der Waals surface area (Å²) < 4.78 is 27.1. The molecule has 0 aliphatic carbocycles. The fourth-order valence-corrected chi connectivity index (χ4v) is 4.74. The van der Waals surface area contributed by atoms with Crippen molar-refractivity contribution in [1.82, 2.24) is 9.21 Å². The number of hydrogen-bond acceptors (Lipinski definition) is 5. The number of nitrogens with two attached hydrogens (primary N) is 1. The molecule has 1 aliphatic heterocycles. The molecule has 0 bridgehead atoms. The molecule has 160 valence electrons. The maximum Gasteiger partial charge on any atom is 0.248 e. The number of hydrogen-bond donors (Lipinski definition) is 2. The number of rotatable bonds is 6. The Labute approximate surface area is 176 Å². The Kier molecular flexibility index (Phi) is 6.55. The monoisotopic (exact) mass is 430 g/mol. The molecule has 2 aromatic rings. The zero-order chi connectivity index (χ0) is 21.9. The number of anilines is 1. The lowest BCUT2D eigenvalue weighted by Gasteiger charge is -2.36. The molecule has 0 radical (unpaired) electrons. The molecule has 0 aromatic heterocycles. The van der Waals surface area contributed by atoms with Crippen molar-refractivity contribution < 1.29 is 18.0 Å². The lowest BCUT2D eigenvalue weighted by atomic mass is 10.2. The summed E-state index contributed by atoms with van der Waals surface area (Å²) in [6, 6.07) is 12.7. The third-order valence-electron chi connectivity index (χ3n) is 5.30. The van der Waals surface area contributed by atoms with Crippen LogP contribution in [0.15, 0.2) is 53.4 Å². The summed E-state index contributed by atoms with van der Waals surface area (Å²) in [7, 11) is -3.54. The zero-order valence-corrected chi connectivity index (χ0v) is 17.9. The van der Waals surface area contributed by atoms with E-state index in [2.05, 4.69) is 5.32 Å². The molecule has 1 heterocycles. The van der Waals surface area contributed by atoms with E-state index in [4.69, 9.17) is 5.73 Å². The van der Waals surface area contributed by atoms with E-state index < -0.39 is 22.0 Å². The van der Waals surface area contributed by atoms with Gasteiger partial charge in [-0.05, 0) is 50.2 Å². The van der Waals surface area contributed by atoms with Crippen molar-refractivity contribution in [1.29, 1.82) is 0 Å². The van der Waals surface area contributed by atoms with E-state index in [-0.39, 0.29) is 10.8 Å². The summed E-state index contributed by atoms with van der Waals surface area (Å²) >= 11 is 0. The van der Waals surface area contributed by atoms with Gasteiger partial charge in [0, 0.05) is 37.4 Å². The van der Waals surface area contributed by atoms with Gasteiger partial charge in [0.1, 0.15) is 0 Å². The summed E-state index contributed by atoms with van der Waals surface area (Å²) in [6.07, 6.45) is 0. The van der Waals surface area contributed by atoms with Gasteiger partial charge in [-0.1, -0.05) is 17.7 Å². The van der Waals surface area contributed by atoms with E-state index in [1.807, 2.05) is 11.8 Å². The number of benzene rings is 2. The van der Waals surface area contributed by atoms with Crippen molar-refractivity contribution in [3.63, 3.8) is 0 Å². The van der Waals surface area contributed by atoms with Crippen LogP contribution in [0.2, 0.25) is 0 Å². The van der Waals surface area contributed by atoms with Gasteiger partial charge in [0.15, 0.2) is 0 Å². The number of nitrogens with one attached hydrogen (secondary N) is 1. The van der Waals surface area contributed by atoms with Crippen LogP contribution in [-0.4, -0.2) is 61.7 Å². The van der Waals surface area contributed by atoms with Gasteiger partial charge in [0.2, 0.25) is 21.8 Å². The van der Waals surface area contributed by atoms with Crippen molar-refractivity contribution >= 4 is 27.5 Å². The smallest absolute Gasteiger partial charge is 0.248 e. The molecule has 1 aliphatic rings. The Morgan fingerprint density at radius 1 is 0.967 bits per heavy atom. The average molecular weight is 431 g/mol. The minimum absolute atomic E-state index is 0.198. The maximum atomic E-state index is 12.8. The number of aryl methyl sites for hydroxylation is 1. The van der Waals surface area contributed by atoms with Crippen LogP contribution in [0.5, 0.6) is 0 Å². The average Bonchev–Trinajstić information content (AvgIpc) is 2.74. The van der Waals surface area contributed by atoms with Crippen LogP contribution in [-0.2, 0) is 14.8 Å². The molecule has 1 fully saturated rings. The van der Waals surface area contributed by atoms with Gasteiger partial charge in [-0.3, -0.25) is 14.5 Å². The third kappa shape index (κ3) is 4.86. The highest BCUT2D eigenvalue weighted by atomic mass is 32.2. The van der Waals surface area contributed by atoms with Crippen molar-refractivity contribution in [2.45, 2.75) is 24.8 Å². The second-order valence-electron chi connectivity index (χ2n) is 7.36. The predicted octanol–water partition coefficient (Wildman–Crippen LogP) is 1.43. The largest absolute Gasteiger partial charge is 0.366 e. The highest BCUT2D eigenvalue weighted by Gasteiger charge is 2.31. The van der Waals surface area contributed by atoms with Gasteiger partial charge in [-0.15, -0.1) is 0 Å². The maximum absolute atomic E-state index is 12.8. The summed E-state index contributed by atoms with van der Waals surface area (Å²) in [4.78, 5) is 26.0. The van der Waals surface area contributed by atoms with Crippen LogP contribution in [0, 0.1) is 6.92 Å². The summed E-state index contributed by atoms with van der Waals surface area (Å²) in [5, 5.41) is 2.81. The number of sulfonamides is 1. The molecule has 1 saturated heterocycles. The highest BCUT2D eigenvalue weighted by Crippen LogP contribution is 2.19.